The lowest BCUT2D eigenvalue weighted by Crippen LogP contribution is -2.21. The van der Waals surface area contributed by atoms with Crippen LogP contribution < -0.4 is 11.4 Å². The molecule has 2 aromatic heterocycles. The van der Waals surface area contributed by atoms with E-state index in [9.17, 15) is 4.79 Å². The van der Waals surface area contributed by atoms with Crippen LogP contribution in [-0.4, -0.2) is 19.6 Å². The summed E-state index contributed by atoms with van der Waals surface area (Å²) in [6, 6.07) is 0. The fourth-order valence-electron chi connectivity index (χ4n) is 1.43. The molecule has 2 aromatic rings. The molecule has 2 heterocycles. The van der Waals surface area contributed by atoms with E-state index in [-0.39, 0.29) is 17.1 Å². The van der Waals surface area contributed by atoms with Crippen LogP contribution in [0.4, 0.5) is 5.95 Å². The van der Waals surface area contributed by atoms with Crippen molar-refractivity contribution in [2.24, 2.45) is 0 Å². The molecule has 0 radical (unpaired) electrons. The number of nitrogens with zero attached hydrogens (tertiary/aromatic N) is 3. The molecule has 0 atom stereocenters. The second-order valence-corrected chi connectivity index (χ2v) is 4.47. The van der Waals surface area contributed by atoms with Crippen molar-refractivity contribution in [1.29, 1.82) is 0 Å². The Kier molecular flexibility index (Phi) is 1.82. The van der Waals surface area contributed by atoms with Crippen LogP contribution in [0, 0.1) is 0 Å². The van der Waals surface area contributed by atoms with Gasteiger partial charge in [-0.2, -0.15) is 14.6 Å². The molecule has 15 heavy (non-hydrogen) atoms. The smallest absolute Gasteiger partial charge is 0.350 e. The third-order valence-corrected chi connectivity index (χ3v) is 2.21. The van der Waals surface area contributed by atoms with Gasteiger partial charge in [0.05, 0.1) is 6.20 Å². The van der Waals surface area contributed by atoms with Crippen LogP contribution in [-0.2, 0) is 5.41 Å². The molecule has 0 aliphatic rings. The zero-order valence-corrected chi connectivity index (χ0v) is 8.90. The Morgan fingerprint density at radius 2 is 2.13 bits per heavy atom. The van der Waals surface area contributed by atoms with Crippen LogP contribution in [0.1, 0.15) is 26.3 Å². The van der Waals surface area contributed by atoms with E-state index in [1.807, 2.05) is 20.8 Å². The Morgan fingerprint density at radius 1 is 1.47 bits per heavy atom. The Balaban J connectivity index is 2.86. The minimum atomic E-state index is -0.368. The minimum Gasteiger partial charge on any atom is -0.369 e. The van der Waals surface area contributed by atoms with Gasteiger partial charge < -0.3 is 5.73 Å². The summed E-state index contributed by atoms with van der Waals surface area (Å²) in [5.41, 5.74) is 6.43. The number of nitrogens with two attached hydrogens (primary N) is 1. The maximum Gasteiger partial charge on any atom is 0.350 e. The van der Waals surface area contributed by atoms with Crippen molar-refractivity contribution in [2.75, 3.05) is 5.73 Å². The van der Waals surface area contributed by atoms with Crippen LogP contribution in [0.2, 0.25) is 0 Å². The molecule has 0 aliphatic heterocycles. The van der Waals surface area contributed by atoms with Crippen molar-refractivity contribution in [3.8, 4) is 0 Å². The molecule has 0 aliphatic carbocycles. The quantitative estimate of drug-likeness (QED) is 0.650. The number of rotatable bonds is 0. The summed E-state index contributed by atoms with van der Waals surface area (Å²) in [6.07, 6.45) is 1.65. The van der Waals surface area contributed by atoms with Gasteiger partial charge in [0, 0.05) is 5.56 Å². The average molecular weight is 207 g/mol. The Morgan fingerprint density at radius 3 is 2.73 bits per heavy atom. The van der Waals surface area contributed by atoms with E-state index in [1.165, 1.54) is 4.52 Å². The molecule has 6 nitrogen and oxygen atoms in total. The van der Waals surface area contributed by atoms with E-state index in [4.69, 9.17) is 5.73 Å². The van der Waals surface area contributed by atoms with Crippen LogP contribution in [0.15, 0.2) is 11.0 Å². The summed E-state index contributed by atoms with van der Waals surface area (Å²) in [4.78, 5) is 17.9. The van der Waals surface area contributed by atoms with Gasteiger partial charge >= 0.3 is 5.69 Å². The molecule has 0 bridgehead atoms. The molecule has 0 fully saturated rings. The first-order valence-corrected chi connectivity index (χ1v) is 4.63. The Hall–Kier alpha value is -1.85. The number of hydrogen-bond acceptors (Lipinski definition) is 4. The normalized spacial score (nSPS) is 12.2. The summed E-state index contributed by atoms with van der Waals surface area (Å²) in [5, 5.41) is 3.98. The van der Waals surface area contributed by atoms with Crippen LogP contribution >= 0.6 is 0 Å². The standard InChI is InChI=1S/C9H13N5O/c1-9(2,3)5-4-11-14-6(5)12-7(10)13-8(14)15/h4H,1-3H3,(H3,10,12,13,15). The molecule has 3 N–H and O–H groups in total. The summed E-state index contributed by atoms with van der Waals surface area (Å²) >= 11 is 0. The molecule has 0 spiro atoms. The molecule has 6 heteroatoms. The molecule has 0 unspecified atom stereocenters. The number of aromatic amines is 1. The fraction of sp³-hybridized carbons (Fsp3) is 0.444. The molecule has 0 saturated carbocycles. The number of hydrogen-bond donors (Lipinski definition) is 2. The molecule has 80 valence electrons. The average Bonchev–Trinajstić information content (AvgIpc) is 2.45. The van der Waals surface area contributed by atoms with Crippen molar-refractivity contribution in [2.45, 2.75) is 26.2 Å². The number of H-pyrrole nitrogens is 1. The first kappa shape index (κ1) is 9.70. The fourth-order valence-corrected chi connectivity index (χ4v) is 1.43. The van der Waals surface area contributed by atoms with Crippen LogP contribution in [0.3, 0.4) is 0 Å². The van der Waals surface area contributed by atoms with E-state index in [0.717, 1.165) is 5.56 Å². The van der Waals surface area contributed by atoms with Gasteiger partial charge in [-0.15, -0.1) is 0 Å². The number of anilines is 1. The first-order chi connectivity index (χ1) is 6.89. The van der Waals surface area contributed by atoms with Gasteiger partial charge in [-0.05, 0) is 5.41 Å². The first-order valence-electron chi connectivity index (χ1n) is 4.63. The summed E-state index contributed by atoms with van der Waals surface area (Å²) in [6.45, 7) is 6.09. The lowest BCUT2D eigenvalue weighted by atomic mass is 9.89. The molecule has 0 amide bonds. The molecular formula is C9H13N5O. The highest BCUT2D eigenvalue weighted by atomic mass is 16.1. The van der Waals surface area contributed by atoms with Gasteiger partial charge in [-0.3, -0.25) is 4.98 Å². The van der Waals surface area contributed by atoms with Crippen LogP contribution in [0.25, 0.3) is 5.65 Å². The zero-order valence-electron chi connectivity index (χ0n) is 8.90. The van der Waals surface area contributed by atoms with Gasteiger partial charge in [-0.25, -0.2) is 4.79 Å². The molecular weight excluding hydrogens is 194 g/mol. The third-order valence-electron chi connectivity index (χ3n) is 2.21. The molecule has 0 aromatic carbocycles. The predicted molar refractivity (Wildman–Crippen MR) is 56.7 cm³/mol. The highest BCUT2D eigenvalue weighted by Gasteiger charge is 2.21. The van der Waals surface area contributed by atoms with E-state index < -0.39 is 0 Å². The highest BCUT2D eigenvalue weighted by molar-refractivity contribution is 5.51. The SMILES string of the molecule is CC(C)(C)c1cnn2c(=O)[nH]c(N)nc12. The third kappa shape index (κ3) is 1.47. The maximum absolute atomic E-state index is 11.5. The number of fused-ring (bicyclic) bond motifs is 1. The van der Waals surface area contributed by atoms with Crippen molar-refractivity contribution in [3.63, 3.8) is 0 Å². The Bertz CT molecular complexity index is 560. The van der Waals surface area contributed by atoms with Gasteiger partial charge in [0.15, 0.2) is 5.65 Å². The van der Waals surface area contributed by atoms with Crippen molar-refractivity contribution >= 4 is 11.6 Å². The predicted octanol–water partition coefficient (Wildman–Crippen LogP) is 0.297. The van der Waals surface area contributed by atoms with E-state index >= 15 is 0 Å². The largest absolute Gasteiger partial charge is 0.369 e. The monoisotopic (exact) mass is 207 g/mol. The van der Waals surface area contributed by atoms with Crippen LogP contribution in [0.5, 0.6) is 0 Å². The minimum absolute atomic E-state index is 0.110. The van der Waals surface area contributed by atoms with E-state index in [1.54, 1.807) is 6.20 Å². The highest BCUT2D eigenvalue weighted by Crippen LogP contribution is 2.24. The maximum atomic E-state index is 11.5. The Labute approximate surface area is 86.1 Å². The lowest BCUT2D eigenvalue weighted by molar-refractivity contribution is 0.594. The summed E-state index contributed by atoms with van der Waals surface area (Å²) in [7, 11) is 0. The van der Waals surface area contributed by atoms with Gasteiger partial charge in [0.2, 0.25) is 5.95 Å². The van der Waals surface area contributed by atoms with Crippen molar-refractivity contribution in [3.05, 3.63) is 22.2 Å². The topological polar surface area (TPSA) is 89.1 Å². The second-order valence-electron chi connectivity index (χ2n) is 4.47. The van der Waals surface area contributed by atoms with E-state index in [2.05, 4.69) is 15.1 Å². The second kappa shape index (κ2) is 2.82. The number of aromatic nitrogens is 4. The molecule has 2 rings (SSSR count). The molecule has 0 saturated heterocycles. The van der Waals surface area contributed by atoms with Crippen molar-refractivity contribution in [1.82, 2.24) is 19.6 Å². The van der Waals surface area contributed by atoms with Gasteiger partial charge in [0.25, 0.3) is 0 Å². The van der Waals surface area contributed by atoms with Gasteiger partial charge in [0.1, 0.15) is 0 Å². The van der Waals surface area contributed by atoms with E-state index in [0.29, 0.717) is 5.65 Å². The zero-order chi connectivity index (χ0) is 11.2. The van der Waals surface area contributed by atoms with Crippen molar-refractivity contribution < 1.29 is 0 Å². The number of nitrogens with one attached hydrogen (secondary N) is 1. The lowest BCUT2D eigenvalue weighted by Gasteiger charge is -2.15. The van der Waals surface area contributed by atoms with Gasteiger partial charge in [-0.1, -0.05) is 20.8 Å². The summed E-state index contributed by atoms with van der Waals surface area (Å²) < 4.78 is 1.22. The number of nitrogen functional groups attached to an aromatic ring is 1. The summed E-state index contributed by atoms with van der Waals surface area (Å²) in [5.74, 6) is 0.110.